The number of rotatable bonds is 3. The van der Waals surface area contributed by atoms with Crippen LogP contribution in [-0.4, -0.2) is 9.97 Å². The van der Waals surface area contributed by atoms with E-state index in [-0.39, 0.29) is 0 Å². The second-order valence-electron chi connectivity index (χ2n) is 13.6. The van der Waals surface area contributed by atoms with Crippen LogP contribution in [0.15, 0.2) is 171 Å². The molecule has 0 aliphatic rings. The number of hydrogen-bond donors (Lipinski definition) is 0. The summed E-state index contributed by atoms with van der Waals surface area (Å²) in [7, 11) is 0. The minimum absolute atomic E-state index is 0.796. The van der Waals surface area contributed by atoms with Crippen molar-refractivity contribution in [1.29, 1.82) is 0 Å². The van der Waals surface area contributed by atoms with Gasteiger partial charge in [0.2, 0.25) is 0 Å². The molecule has 5 aromatic heterocycles. The van der Waals surface area contributed by atoms with Gasteiger partial charge in [0.1, 0.15) is 33.5 Å². The molecule has 246 valence electrons. The summed E-state index contributed by atoms with van der Waals surface area (Å²) in [5.74, 6) is 0. The van der Waals surface area contributed by atoms with Crippen LogP contribution < -0.4 is 0 Å². The second kappa shape index (κ2) is 10.6. The number of fused-ring (bicyclic) bond motifs is 12. The molecule has 0 aliphatic carbocycles. The minimum atomic E-state index is 0.796. The molecule has 0 unspecified atom stereocenters. The van der Waals surface area contributed by atoms with E-state index in [0.717, 1.165) is 121 Å². The lowest BCUT2D eigenvalue weighted by Crippen LogP contribution is -1.94. The van der Waals surface area contributed by atoms with Crippen molar-refractivity contribution < 1.29 is 13.3 Å². The van der Waals surface area contributed by atoms with E-state index in [4.69, 9.17) is 23.2 Å². The zero-order valence-corrected chi connectivity index (χ0v) is 28.1. The van der Waals surface area contributed by atoms with E-state index in [1.54, 1.807) is 0 Å². The number of pyridine rings is 2. The lowest BCUT2D eigenvalue weighted by Gasteiger charge is -2.14. The van der Waals surface area contributed by atoms with Crippen molar-refractivity contribution in [2.24, 2.45) is 0 Å². The van der Waals surface area contributed by atoms with Crippen molar-refractivity contribution in [2.45, 2.75) is 0 Å². The Kier molecular flexibility index (Phi) is 5.71. The lowest BCUT2D eigenvalue weighted by molar-refractivity contribution is 0.669. The van der Waals surface area contributed by atoms with Gasteiger partial charge in [0, 0.05) is 66.0 Å². The highest BCUT2D eigenvalue weighted by Crippen LogP contribution is 2.44. The fourth-order valence-electron chi connectivity index (χ4n) is 8.36. The number of benzene rings is 7. The van der Waals surface area contributed by atoms with Crippen molar-refractivity contribution in [1.82, 2.24) is 9.97 Å². The molecule has 53 heavy (non-hydrogen) atoms. The number of para-hydroxylation sites is 6. The predicted molar refractivity (Wildman–Crippen MR) is 215 cm³/mol. The number of hydrogen-bond acceptors (Lipinski definition) is 5. The minimum Gasteiger partial charge on any atom is -0.455 e. The Balaban J connectivity index is 1.19. The van der Waals surface area contributed by atoms with Crippen molar-refractivity contribution in [3.05, 3.63) is 158 Å². The van der Waals surface area contributed by atoms with E-state index < -0.39 is 0 Å². The van der Waals surface area contributed by atoms with E-state index in [1.165, 1.54) is 0 Å². The zero-order chi connectivity index (χ0) is 34.6. The van der Waals surface area contributed by atoms with Crippen LogP contribution in [0.25, 0.3) is 121 Å². The Morgan fingerprint density at radius 2 is 0.774 bits per heavy atom. The van der Waals surface area contributed by atoms with Crippen molar-refractivity contribution >= 4 is 87.6 Å². The lowest BCUT2D eigenvalue weighted by atomic mass is 9.93. The van der Waals surface area contributed by atoms with Crippen LogP contribution in [0.4, 0.5) is 0 Å². The molecule has 12 rings (SSSR count). The molecule has 12 aromatic rings. The normalized spacial score (nSPS) is 12.2. The van der Waals surface area contributed by atoms with E-state index in [1.807, 2.05) is 48.7 Å². The summed E-state index contributed by atoms with van der Waals surface area (Å²) in [5, 5.41) is 8.46. The monoisotopic (exact) mass is 678 g/mol. The topological polar surface area (TPSA) is 65.2 Å². The van der Waals surface area contributed by atoms with Gasteiger partial charge in [-0.1, -0.05) is 115 Å². The fraction of sp³-hybridized carbons (Fsp3) is 0. The van der Waals surface area contributed by atoms with E-state index in [2.05, 4.69) is 109 Å². The first kappa shape index (κ1) is 28.5. The molecule has 7 aromatic carbocycles. The van der Waals surface area contributed by atoms with Gasteiger partial charge < -0.3 is 13.3 Å². The highest BCUT2D eigenvalue weighted by Gasteiger charge is 2.21. The standard InChI is InChI=1S/C48H26N2O3/c1-4-19-41-28(10-1)34-14-7-13-33(46(34)51-41)27-24-25-49-44-31(27)22-23-32-39(37-17-8-15-35-29-11-2-5-20-42(29)52-47(35)37)26-40(50-45(32)44)38-18-9-16-36-30-12-3-6-21-43(30)53-48(36)38/h1-26H. The summed E-state index contributed by atoms with van der Waals surface area (Å²) in [6, 6.07) is 52.2. The third-order valence-electron chi connectivity index (χ3n) is 10.8. The molecule has 0 fully saturated rings. The highest BCUT2D eigenvalue weighted by atomic mass is 16.3. The molecule has 0 atom stereocenters. The highest BCUT2D eigenvalue weighted by molar-refractivity contribution is 6.19. The predicted octanol–water partition coefficient (Wildman–Crippen LogP) is 13.5. The first-order chi connectivity index (χ1) is 26.3. The van der Waals surface area contributed by atoms with Crippen LogP contribution in [0, 0.1) is 0 Å². The molecule has 5 heterocycles. The summed E-state index contributed by atoms with van der Waals surface area (Å²) < 4.78 is 19.7. The maximum atomic E-state index is 6.61. The van der Waals surface area contributed by atoms with Gasteiger partial charge in [-0.3, -0.25) is 4.98 Å². The van der Waals surface area contributed by atoms with Gasteiger partial charge in [-0.25, -0.2) is 4.98 Å². The molecular weight excluding hydrogens is 653 g/mol. The van der Waals surface area contributed by atoms with Gasteiger partial charge in [-0.15, -0.1) is 0 Å². The summed E-state index contributed by atoms with van der Waals surface area (Å²) in [6.07, 6.45) is 1.88. The fourth-order valence-corrected chi connectivity index (χ4v) is 8.36. The molecule has 0 radical (unpaired) electrons. The first-order valence-electron chi connectivity index (χ1n) is 17.7. The third kappa shape index (κ3) is 4.02. The van der Waals surface area contributed by atoms with Crippen LogP contribution in [0.2, 0.25) is 0 Å². The summed E-state index contributed by atoms with van der Waals surface area (Å²) in [4.78, 5) is 10.5. The van der Waals surface area contributed by atoms with Gasteiger partial charge in [-0.2, -0.15) is 0 Å². The van der Waals surface area contributed by atoms with E-state index >= 15 is 0 Å². The third-order valence-corrected chi connectivity index (χ3v) is 10.8. The van der Waals surface area contributed by atoms with Crippen molar-refractivity contribution in [3.63, 3.8) is 0 Å². The van der Waals surface area contributed by atoms with Gasteiger partial charge in [-0.05, 0) is 47.5 Å². The Morgan fingerprint density at radius 1 is 0.321 bits per heavy atom. The molecular formula is C48H26N2O3. The molecule has 5 nitrogen and oxygen atoms in total. The van der Waals surface area contributed by atoms with E-state index in [0.29, 0.717) is 0 Å². The van der Waals surface area contributed by atoms with Crippen LogP contribution in [0.1, 0.15) is 0 Å². The van der Waals surface area contributed by atoms with Crippen molar-refractivity contribution in [3.8, 4) is 33.5 Å². The van der Waals surface area contributed by atoms with Crippen LogP contribution in [0.5, 0.6) is 0 Å². The largest absolute Gasteiger partial charge is 0.455 e. The number of nitrogens with zero attached hydrogens (tertiary/aromatic N) is 2. The van der Waals surface area contributed by atoms with Crippen LogP contribution in [-0.2, 0) is 0 Å². The molecule has 0 bridgehead atoms. The van der Waals surface area contributed by atoms with Gasteiger partial charge in [0.25, 0.3) is 0 Å². The number of aromatic nitrogens is 2. The molecule has 0 saturated heterocycles. The van der Waals surface area contributed by atoms with Gasteiger partial charge >= 0.3 is 0 Å². The molecule has 0 saturated carbocycles. The first-order valence-corrected chi connectivity index (χ1v) is 17.7. The van der Waals surface area contributed by atoms with E-state index in [9.17, 15) is 0 Å². The molecule has 0 spiro atoms. The molecule has 0 N–H and O–H groups in total. The van der Waals surface area contributed by atoms with Gasteiger partial charge in [0.05, 0.1) is 16.7 Å². The van der Waals surface area contributed by atoms with Crippen molar-refractivity contribution in [2.75, 3.05) is 0 Å². The average molecular weight is 679 g/mol. The second-order valence-corrected chi connectivity index (χ2v) is 13.6. The summed E-state index contributed by atoms with van der Waals surface area (Å²) in [6.45, 7) is 0. The Labute approximate surface area is 301 Å². The zero-order valence-electron chi connectivity index (χ0n) is 28.1. The molecule has 0 amide bonds. The molecule has 0 aliphatic heterocycles. The molecule has 5 heteroatoms. The summed E-state index contributed by atoms with van der Waals surface area (Å²) >= 11 is 0. The average Bonchev–Trinajstić information content (AvgIpc) is 3.91. The summed E-state index contributed by atoms with van der Waals surface area (Å²) in [5.41, 5.74) is 12.5. The number of furan rings is 3. The van der Waals surface area contributed by atoms with Crippen LogP contribution >= 0.6 is 0 Å². The maximum absolute atomic E-state index is 6.61. The Bertz CT molecular complexity index is 3480. The van der Waals surface area contributed by atoms with Gasteiger partial charge in [0.15, 0.2) is 0 Å². The van der Waals surface area contributed by atoms with Crippen LogP contribution in [0.3, 0.4) is 0 Å². The maximum Gasteiger partial charge on any atom is 0.144 e. The Morgan fingerprint density at radius 3 is 1.34 bits per heavy atom. The SMILES string of the molecule is c1ccc2c(c1)oc1c(-c3cc(-c4cccc5c4oc4ccccc45)c4ccc5c(-c6cccc7c6oc6ccccc67)ccnc5c4n3)cccc12. The smallest absolute Gasteiger partial charge is 0.144 e. The Hall–Kier alpha value is -7.24. The quantitative estimate of drug-likeness (QED) is 0.174.